The van der Waals surface area contributed by atoms with Crippen LogP contribution < -0.4 is 0 Å². The average molecular weight is 423 g/mol. The van der Waals surface area contributed by atoms with Crippen molar-refractivity contribution in [3.63, 3.8) is 0 Å². The Kier molecular flexibility index (Phi) is 13.2. The van der Waals surface area contributed by atoms with Gasteiger partial charge >= 0.3 is 21.0 Å². The third kappa shape index (κ3) is 9.23. The van der Waals surface area contributed by atoms with Crippen LogP contribution >= 0.6 is 0 Å². The van der Waals surface area contributed by atoms with Crippen molar-refractivity contribution in [3.05, 3.63) is 0 Å². The van der Waals surface area contributed by atoms with Crippen LogP contribution in [0.5, 0.6) is 0 Å². The summed E-state index contributed by atoms with van der Waals surface area (Å²) in [7, 11) is -0.253. The van der Waals surface area contributed by atoms with E-state index in [9.17, 15) is 22.9 Å². The number of hydrogen-bond donors (Lipinski definition) is 2. The third-order valence-corrected chi connectivity index (χ3v) is 7.49. The number of hydrogen-bond acceptors (Lipinski definition) is 3. The molecule has 168 valence electrons. The van der Waals surface area contributed by atoms with E-state index in [4.69, 9.17) is 0 Å². The molecule has 0 radical (unpaired) electrons. The van der Waals surface area contributed by atoms with Crippen molar-refractivity contribution in [1.82, 2.24) is 0 Å². The molecular formula is C21H44NO5S+. The van der Waals surface area contributed by atoms with Crippen molar-refractivity contribution < 1.29 is 27.4 Å². The van der Waals surface area contributed by atoms with Crippen LogP contribution in [0.1, 0.15) is 103 Å². The molecule has 0 spiro atoms. The highest BCUT2D eigenvalue weighted by Gasteiger charge is 2.61. The summed E-state index contributed by atoms with van der Waals surface area (Å²) in [5.74, 6) is -1.49. The lowest BCUT2D eigenvalue weighted by Gasteiger charge is -2.40. The van der Waals surface area contributed by atoms with Crippen LogP contribution in [0.3, 0.4) is 0 Å². The molecule has 6 nitrogen and oxygen atoms in total. The number of likely N-dealkylation sites (N-methyl/N-ethyl adjacent to an activating group) is 1. The van der Waals surface area contributed by atoms with E-state index in [1.807, 2.05) is 0 Å². The van der Waals surface area contributed by atoms with Crippen LogP contribution in [0.15, 0.2) is 0 Å². The quantitative estimate of drug-likeness (QED) is 0.179. The van der Waals surface area contributed by atoms with Gasteiger partial charge in [0.15, 0.2) is 0 Å². The van der Waals surface area contributed by atoms with Gasteiger partial charge in [0, 0.05) is 6.42 Å². The van der Waals surface area contributed by atoms with Gasteiger partial charge in [0.05, 0.1) is 21.1 Å². The SMILES string of the molecule is CCCCCCCCCCCCCCCCC(C(=O)O)([N+](C)(C)C)S(=O)(=O)O. The number of rotatable bonds is 18. The Balaban J connectivity index is 3.98. The average Bonchev–Trinajstić information content (AvgIpc) is 2.55. The third-order valence-electron chi connectivity index (χ3n) is 5.71. The molecule has 2 N–H and O–H groups in total. The number of carboxylic acid groups (broad SMARTS) is 1. The Labute approximate surface area is 173 Å². The van der Waals surface area contributed by atoms with Gasteiger partial charge in [0.25, 0.3) is 0 Å². The molecule has 0 fully saturated rings. The van der Waals surface area contributed by atoms with Crippen molar-refractivity contribution in [1.29, 1.82) is 0 Å². The van der Waals surface area contributed by atoms with Crippen LogP contribution in [-0.4, -0.2) is 54.5 Å². The molecule has 0 aromatic rings. The summed E-state index contributed by atoms with van der Waals surface area (Å²) < 4.78 is 33.0. The lowest BCUT2D eigenvalue weighted by atomic mass is 10.0. The largest absolute Gasteiger partial charge is 0.476 e. The summed E-state index contributed by atoms with van der Waals surface area (Å²) in [6.07, 6.45) is 16.3. The Hall–Kier alpha value is -0.660. The fraction of sp³-hybridized carbons (Fsp3) is 0.952. The minimum absolute atomic E-state index is 0.0807. The molecule has 0 aromatic heterocycles. The van der Waals surface area contributed by atoms with E-state index in [-0.39, 0.29) is 10.9 Å². The maximum absolute atomic E-state index is 11.9. The van der Waals surface area contributed by atoms with Gasteiger partial charge in [-0.1, -0.05) is 90.4 Å². The molecule has 1 unspecified atom stereocenters. The van der Waals surface area contributed by atoms with Crippen molar-refractivity contribution >= 4 is 16.1 Å². The Morgan fingerprint density at radius 3 is 1.32 bits per heavy atom. The first-order valence-electron chi connectivity index (χ1n) is 11.0. The molecule has 1 atom stereocenters. The normalized spacial score (nSPS) is 14.8. The molecule has 0 heterocycles. The number of carboxylic acids is 1. The highest BCUT2D eigenvalue weighted by molar-refractivity contribution is 7.87. The monoisotopic (exact) mass is 422 g/mol. The van der Waals surface area contributed by atoms with Crippen molar-refractivity contribution in [3.8, 4) is 0 Å². The molecule has 0 aromatic carbocycles. The predicted molar refractivity (Wildman–Crippen MR) is 115 cm³/mol. The summed E-state index contributed by atoms with van der Waals surface area (Å²) in [5.41, 5.74) is 0. The van der Waals surface area contributed by atoms with E-state index in [0.717, 1.165) is 19.3 Å². The maximum Gasteiger partial charge on any atom is 0.384 e. The zero-order chi connectivity index (χ0) is 21.7. The van der Waals surface area contributed by atoms with Gasteiger partial charge in [-0.2, -0.15) is 8.42 Å². The summed E-state index contributed by atoms with van der Waals surface area (Å²) >= 11 is 0. The fourth-order valence-corrected chi connectivity index (χ4v) is 5.19. The van der Waals surface area contributed by atoms with Gasteiger partial charge in [-0.25, -0.2) is 4.79 Å². The smallest absolute Gasteiger partial charge is 0.384 e. The van der Waals surface area contributed by atoms with Crippen molar-refractivity contribution in [2.75, 3.05) is 21.1 Å². The molecule has 0 saturated carbocycles. The molecule has 0 aliphatic rings. The first-order chi connectivity index (χ1) is 13.0. The minimum Gasteiger partial charge on any atom is -0.476 e. The van der Waals surface area contributed by atoms with E-state index < -0.39 is 21.0 Å². The first kappa shape index (κ1) is 27.3. The summed E-state index contributed by atoms with van der Waals surface area (Å²) in [6.45, 7) is 2.24. The second-order valence-corrected chi connectivity index (χ2v) is 10.5. The zero-order valence-electron chi connectivity index (χ0n) is 18.6. The van der Waals surface area contributed by atoms with E-state index in [1.54, 1.807) is 0 Å². The second-order valence-electron chi connectivity index (χ2n) is 8.92. The van der Waals surface area contributed by atoms with Gasteiger partial charge in [0.2, 0.25) is 0 Å². The van der Waals surface area contributed by atoms with Gasteiger partial charge in [-0.05, 0) is 6.42 Å². The highest BCUT2D eigenvalue weighted by atomic mass is 32.2. The number of aliphatic carboxylic acids is 1. The molecule has 0 rings (SSSR count). The minimum atomic E-state index is -4.73. The Morgan fingerprint density at radius 1 is 0.750 bits per heavy atom. The Bertz CT molecular complexity index is 527. The fourth-order valence-electron chi connectivity index (χ4n) is 3.87. The van der Waals surface area contributed by atoms with E-state index in [2.05, 4.69) is 6.92 Å². The van der Waals surface area contributed by atoms with E-state index >= 15 is 0 Å². The van der Waals surface area contributed by atoms with E-state index in [1.165, 1.54) is 85.4 Å². The molecule has 28 heavy (non-hydrogen) atoms. The molecule has 0 bridgehead atoms. The van der Waals surface area contributed by atoms with Gasteiger partial charge in [-0.3, -0.25) is 4.55 Å². The second kappa shape index (κ2) is 13.5. The van der Waals surface area contributed by atoms with Gasteiger partial charge in [-0.15, -0.1) is 0 Å². The number of unbranched alkanes of at least 4 members (excludes halogenated alkanes) is 13. The molecule has 0 aliphatic carbocycles. The lowest BCUT2D eigenvalue weighted by Crippen LogP contribution is -2.66. The number of nitrogens with zero attached hydrogens (tertiary/aromatic N) is 1. The first-order valence-corrected chi connectivity index (χ1v) is 12.5. The molecule has 0 aliphatic heterocycles. The van der Waals surface area contributed by atoms with Crippen LogP contribution in [0.25, 0.3) is 0 Å². The standard InChI is InChI=1S/C21H43NO5S/c1-5-6-7-8-9-10-11-12-13-14-15-16-17-18-19-21(20(23)24,22(2,3)4)28(25,26)27/h5-19H2,1-4H3,(H-,23,24,25,26,27)/p+1. The maximum atomic E-state index is 11.9. The van der Waals surface area contributed by atoms with Gasteiger partial charge in [0.1, 0.15) is 0 Å². The predicted octanol–water partition coefficient (Wildman–Crippen LogP) is 5.23. The Morgan fingerprint density at radius 2 is 1.07 bits per heavy atom. The summed E-state index contributed by atoms with van der Waals surface area (Å²) in [6, 6.07) is 0. The number of carbonyl (C=O) groups is 1. The zero-order valence-corrected chi connectivity index (χ0v) is 19.4. The molecule has 0 amide bonds. The summed E-state index contributed by atoms with van der Waals surface area (Å²) in [5, 5.41) is 9.54. The highest BCUT2D eigenvalue weighted by Crippen LogP contribution is 2.32. The topological polar surface area (TPSA) is 91.7 Å². The molecule has 0 saturated heterocycles. The van der Waals surface area contributed by atoms with Crippen LogP contribution in [0.2, 0.25) is 0 Å². The number of quaternary nitrogens is 1. The van der Waals surface area contributed by atoms with Crippen LogP contribution in [0, 0.1) is 0 Å². The molecule has 7 heteroatoms. The van der Waals surface area contributed by atoms with Gasteiger partial charge < -0.3 is 9.59 Å². The lowest BCUT2D eigenvalue weighted by molar-refractivity contribution is -0.899. The van der Waals surface area contributed by atoms with Crippen molar-refractivity contribution in [2.24, 2.45) is 0 Å². The molecular weight excluding hydrogens is 378 g/mol. The summed E-state index contributed by atoms with van der Waals surface area (Å²) in [4.78, 5) is 9.52. The van der Waals surface area contributed by atoms with Crippen molar-refractivity contribution in [2.45, 2.75) is 108 Å². The van der Waals surface area contributed by atoms with E-state index in [0.29, 0.717) is 6.42 Å². The van der Waals surface area contributed by atoms with Crippen LogP contribution in [0.4, 0.5) is 0 Å². The van der Waals surface area contributed by atoms with Crippen LogP contribution in [-0.2, 0) is 14.9 Å².